The fourth-order valence-electron chi connectivity index (χ4n) is 4.30. The van der Waals surface area contributed by atoms with E-state index in [9.17, 15) is 9.59 Å². The van der Waals surface area contributed by atoms with Crippen molar-refractivity contribution >= 4 is 28.9 Å². The Hall–Kier alpha value is -4.06. The van der Waals surface area contributed by atoms with E-state index in [-0.39, 0.29) is 11.9 Å². The molecule has 0 saturated heterocycles. The van der Waals surface area contributed by atoms with Gasteiger partial charge in [0.15, 0.2) is 6.10 Å². The van der Waals surface area contributed by atoms with Gasteiger partial charge in [0.05, 0.1) is 11.2 Å². The van der Waals surface area contributed by atoms with Crippen molar-refractivity contribution in [1.29, 1.82) is 0 Å². The molecule has 36 heavy (non-hydrogen) atoms. The lowest BCUT2D eigenvalue weighted by atomic mass is 9.92. The minimum Gasteiger partial charge on any atom is -0.479 e. The van der Waals surface area contributed by atoms with E-state index in [0.717, 1.165) is 28.7 Å². The molecule has 4 rings (SSSR count). The molecule has 0 saturated carbocycles. The Morgan fingerprint density at radius 1 is 1.06 bits per heavy atom. The molecular formula is C30H33N3O3. The highest BCUT2D eigenvalue weighted by Gasteiger charge is 2.31. The third-order valence-electron chi connectivity index (χ3n) is 6.40. The second-order valence-corrected chi connectivity index (χ2v) is 9.73. The Balaban J connectivity index is 1.47. The standard InChI is InChI=1S/C30H33N3O3/c1-20(2)23-12-9-13-24(18-23)30(4,5)32-29(35)31-25-14-15-26-27(19-25)36-21(3)28(34)33(26)17-16-22-10-7-6-8-11-22/h6-15,18-19,21H,1,16-17H2,2-5H3,(H2,31,32,35). The van der Waals surface area contributed by atoms with Gasteiger partial charge in [-0.3, -0.25) is 4.79 Å². The number of carbonyl (C=O) groups is 2. The van der Waals surface area contributed by atoms with Crippen molar-refractivity contribution in [3.8, 4) is 5.75 Å². The molecule has 6 heteroatoms. The van der Waals surface area contributed by atoms with Crippen molar-refractivity contribution in [3.05, 3.63) is 96.1 Å². The Morgan fingerprint density at radius 3 is 2.53 bits per heavy atom. The van der Waals surface area contributed by atoms with Gasteiger partial charge in [0.2, 0.25) is 0 Å². The number of fused-ring (bicyclic) bond motifs is 1. The molecule has 0 bridgehead atoms. The molecule has 3 aromatic rings. The molecular weight excluding hydrogens is 450 g/mol. The van der Waals surface area contributed by atoms with Crippen LogP contribution in [0.2, 0.25) is 0 Å². The van der Waals surface area contributed by atoms with Crippen molar-refractivity contribution in [1.82, 2.24) is 5.32 Å². The zero-order chi connectivity index (χ0) is 25.9. The van der Waals surface area contributed by atoms with Gasteiger partial charge in [-0.1, -0.05) is 60.7 Å². The van der Waals surface area contributed by atoms with Crippen LogP contribution in [0.4, 0.5) is 16.2 Å². The summed E-state index contributed by atoms with van der Waals surface area (Å²) in [5.74, 6) is 0.497. The second kappa shape index (κ2) is 10.3. The SMILES string of the molecule is C=C(C)c1cccc(C(C)(C)NC(=O)Nc2ccc3c(c2)OC(C)C(=O)N3CCc2ccccc2)c1. The van der Waals surface area contributed by atoms with E-state index in [1.54, 1.807) is 24.0 Å². The lowest BCUT2D eigenvalue weighted by Crippen LogP contribution is -2.45. The number of nitrogens with one attached hydrogen (secondary N) is 2. The van der Waals surface area contributed by atoms with Crippen molar-refractivity contribution in [2.75, 3.05) is 16.8 Å². The maximum atomic E-state index is 12.9. The maximum Gasteiger partial charge on any atom is 0.319 e. The van der Waals surface area contributed by atoms with Crippen LogP contribution in [0.1, 0.15) is 44.4 Å². The van der Waals surface area contributed by atoms with E-state index in [1.807, 2.05) is 69.3 Å². The van der Waals surface area contributed by atoms with Crippen LogP contribution in [0, 0.1) is 0 Å². The van der Waals surface area contributed by atoms with Crippen LogP contribution >= 0.6 is 0 Å². The third kappa shape index (κ3) is 5.60. The molecule has 186 valence electrons. The summed E-state index contributed by atoms with van der Waals surface area (Å²) >= 11 is 0. The molecule has 6 nitrogen and oxygen atoms in total. The van der Waals surface area contributed by atoms with Gasteiger partial charge in [0, 0.05) is 18.3 Å². The van der Waals surface area contributed by atoms with E-state index in [0.29, 0.717) is 23.7 Å². The number of anilines is 2. The number of nitrogens with zero attached hydrogens (tertiary/aromatic N) is 1. The fourth-order valence-corrected chi connectivity index (χ4v) is 4.30. The smallest absolute Gasteiger partial charge is 0.319 e. The molecule has 1 aliphatic rings. The number of ether oxygens (including phenoxy) is 1. The van der Waals surface area contributed by atoms with E-state index in [2.05, 4.69) is 29.3 Å². The molecule has 0 aromatic heterocycles. The molecule has 3 aromatic carbocycles. The van der Waals surface area contributed by atoms with Crippen LogP contribution in [0.3, 0.4) is 0 Å². The predicted octanol–water partition coefficient (Wildman–Crippen LogP) is 6.13. The molecule has 0 radical (unpaired) electrons. The molecule has 0 spiro atoms. The van der Waals surface area contributed by atoms with Gasteiger partial charge in [-0.25, -0.2) is 4.79 Å². The summed E-state index contributed by atoms with van der Waals surface area (Å²) in [5, 5.41) is 5.95. The summed E-state index contributed by atoms with van der Waals surface area (Å²) < 4.78 is 5.88. The molecule has 2 N–H and O–H groups in total. The summed E-state index contributed by atoms with van der Waals surface area (Å²) in [6.45, 7) is 12.2. The zero-order valence-electron chi connectivity index (χ0n) is 21.3. The lowest BCUT2D eigenvalue weighted by molar-refractivity contribution is -0.125. The van der Waals surface area contributed by atoms with Crippen LogP contribution in [-0.2, 0) is 16.8 Å². The minimum absolute atomic E-state index is 0.0735. The third-order valence-corrected chi connectivity index (χ3v) is 6.40. The quantitative estimate of drug-likeness (QED) is 0.424. The van der Waals surface area contributed by atoms with Gasteiger partial charge >= 0.3 is 6.03 Å². The molecule has 0 fully saturated rings. The fraction of sp³-hybridized carbons (Fsp3) is 0.267. The summed E-state index contributed by atoms with van der Waals surface area (Å²) in [6, 6.07) is 23.1. The summed E-state index contributed by atoms with van der Waals surface area (Å²) in [5.41, 5.74) is 4.84. The van der Waals surface area contributed by atoms with Gasteiger partial charge in [-0.05, 0) is 69.0 Å². The second-order valence-electron chi connectivity index (χ2n) is 9.73. The molecule has 3 amide bonds. The van der Waals surface area contributed by atoms with Crippen LogP contribution < -0.4 is 20.3 Å². The first-order valence-corrected chi connectivity index (χ1v) is 12.2. The summed E-state index contributed by atoms with van der Waals surface area (Å²) in [6.07, 6.45) is 0.139. The van der Waals surface area contributed by atoms with Crippen LogP contribution in [-0.4, -0.2) is 24.6 Å². The molecule has 1 unspecified atom stereocenters. The molecule has 1 heterocycles. The van der Waals surface area contributed by atoms with Crippen molar-refractivity contribution in [3.63, 3.8) is 0 Å². The number of hydrogen-bond donors (Lipinski definition) is 2. The van der Waals surface area contributed by atoms with Gasteiger partial charge in [0.1, 0.15) is 5.75 Å². The van der Waals surface area contributed by atoms with Crippen LogP contribution in [0.25, 0.3) is 5.57 Å². The number of urea groups is 1. The molecule has 1 atom stereocenters. The van der Waals surface area contributed by atoms with Gasteiger partial charge in [-0.15, -0.1) is 0 Å². The van der Waals surface area contributed by atoms with Crippen molar-refractivity contribution < 1.29 is 14.3 Å². The Bertz CT molecular complexity index is 1280. The zero-order valence-corrected chi connectivity index (χ0v) is 21.3. The first kappa shape index (κ1) is 25.0. The molecule has 0 aliphatic carbocycles. The topological polar surface area (TPSA) is 70.7 Å². The number of allylic oxidation sites excluding steroid dienone is 1. The maximum absolute atomic E-state index is 12.9. The summed E-state index contributed by atoms with van der Waals surface area (Å²) in [4.78, 5) is 27.5. The number of amides is 3. The van der Waals surface area contributed by atoms with E-state index in [4.69, 9.17) is 4.74 Å². The average molecular weight is 484 g/mol. The van der Waals surface area contributed by atoms with E-state index in [1.165, 1.54) is 0 Å². The first-order chi connectivity index (χ1) is 17.1. The van der Waals surface area contributed by atoms with Crippen molar-refractivity contribution in [2.24, 2.45) is 0 Å². The van der Waals surface area contributed by atoms with Crippen LogP contribution in [0.15, 0.2) is 79.4 Å². The number of rotatable bonds is 7. The molecule has 1 aliphatic heterocycles. The van der Waals surface area contributed by atoms with Gasteiger partial charge < -0.3 is 20.3 Å². The normalized spacial score (nSPS) is 15.1. The number of hydrogen-bond acceptors (Lipinski definition) is 3. The highest BCUT2D eigenvalue weighted by Crippen LogP contribution is 2.36. The van der Waals surface area contributed by atoms with Crippen LogP contribution in [0.5, 0.6) is 5.75 Å². The average Bonchev–Trinajstić information content (AvgIpc) is 2.84. The van der Waals surface area contributed by atoms with E-state index < -0.39 is 11.6 Å². The van der Waals surface area contributed by atoms with Gasteiger partial charge in [-0.2, -0.15) is 0 Å². The van der Waals surface area contributed by atoms with Crippen molar-refractivity contribution in [2.45, 2.75) is 45.8 Å². The predicted molar refractivity (Wildman–Crippen MR) is 145 cm³/mol. The number of carbonyl (C=O) groups excluding carboxylic acids is 2. The highest BCUT2D eigenvalue weighted by atomic mass is 16.5. The largest absolute Gasteiger partial charge is 0.479 e. The monoisotopic (exact) mass is 483 g/mol. The lowest BCUT2D eigenvalue weighted by Gasteiger charge is -2.33. The number of benzene rings is 3. The first-order valence-electron chi connectivity index (χ1n) is 12.2. The summed E-state index contributed by atoms with van der Waals surface area (Å²) in [7, 11) is 0. The Labute approximate surface area is 213 Å². The Morgan fingerprint density at radius 2 is 1.81 bits per heavy atom. The highest BCUT2D eigenvalue weighted by molar-refractivity contribution is 6.00. The van der Waals surface area contributed by atoms with E-state index >= 15 is 0 Å². The Kier molecular flexibility index (Phi) is 7.15. The minimum atomic E-state index is -0.602. The van der Waals surface area contributed by atoms with Gasteiger partial charge in [0.25, 0.3) is 5.91 Å².